The van der Waals surface area contributed by atoms with Crippen molar-refractivity contribution in [2.24, 2.45) is 0 Å². The number of carbonyl (C=O) groups is 1. The number of rotatable bonds is 4. The molecular weight excluding hydrogens is 406 g/mol. The van der Waals surface area contributed by atoms with Crippen LogP contribution in [0.5, 0.6) is 17.2 Å². The molecule has 154 valence electrons. The molecule has 4 aromatic rings. The summed E-state index contributed by atoms with van der Waals surface area (Å²) in [7, 11) is 6.10. The summed E-state index contributed by atoms with van der Waals surface area (Å²) in [5.41, 5.74) is 2.07. The van der Waals surface area contributed by atoms with Gasteiger partial charge in [-0.3, -0.25) is 4.79 Å². The van der Waals surface area contributed by atoms with Crippen molar-refractivity contribution in [3.63, 3.8) is 0 Å². The summed E-state index contributed by atoms with van der Waals surface area (Å²) in [6.07, 6.45) is 1.18. The minimum absolute atomic E-state index is 0.148. The van der Waals surface area contributed by atoms with Crippen LogP contribution in [-0.2, 0) is 0 Å². The van der Waals surface area contributed by atoms with E-state index in [4.69, 9.17) is 14.2 Å². The predicted octanol–water partition coefficient (Wildman–Crippen LogP) is 2.53. The van der Waals surface area contributed by atoms with Crippen molar-refractivity contribution >= 4 is 39.5 Å². The fourth-order valence-electron chi connectivity index (χ4n) is 3.03. The van der Waals surface area contributed by atoms with E-state index in [-0.39, 0.29) is 11.3 Å². The van der Waals surface area contributed by atoms with Gasteiger partial charge in [-0.1, -0.05) is 23.5 Å². The van der Waals surface area contributed by atoms with Gasteiger partial charge in [0.15, 0.2) is 16.5 Å². The molecule has 0 saturated carbocycles. The van der Waals surface area contributed by atoms with E-state index in [1.807, 2.05) is 24.3 Å². The molecule has 1 amide bonds. The zero-order valence-electron chi connectivity index (χ0n) is 16.8. The van der Waals surface area contributed by atoms with Gasteiger partial charge in [-0.15, -0.1) is 0 Å². The Morgan fingerprint density at radius 1 is 1.13 bits per heavy atom. The molecule has 0 aliphatic carbocycles. The second kappa shape index (κ2) is 7.68. The molecule has 9 heteroatoms. The molecule has 0 N–H and O–H groups in total. The normalized spacial score (nSPS) is 11.8. The minimum Gasteiger partial charge on any atom is -0.493 e. The monoisotopic (exact) mass is 425 g/mol. The van der Waals surface area contributed by atoms with Crippen LogP contribution in [0.25, 0.3) is 22.1 Å². The highest BCUT2D eigenvalue weighted by atomic mass is 32.1. The number of fused-ring (bicyclic) bond motifs is 3. The highest BCUT2D eigenvalue weighted by molar-refractivity contribution is 7.15. The maximum absolute atomic E-state index is 13.0. The summed E-state index contributed by atoms with van der Waals surface area (Å²) in [6, 6.07) is 10.9. The summed E-state index contributed by atoms with van der Waals surface area (Å²) >= 11 is 1.30. The van der Waals surface area contributed by atoms with Crippen LogP contribution in [0.4, 0.5) is 4.79 Å². The quantitative estimate of drug-likeness (QED) is 0.500. The number of nitrogens with zero attached hydrogens (tertiary/aromatic N) is 3. The van der Waals surface area contributed by atoms with Gasteiger partial charge < -0.3 is 19.1 Å². The molecule has 0 aliphatic heterocycles. The van der Waals surface area contributed by atoms with E-state index in [0.717, 1.165) is 11.0 Å². The molecule has 2 aromatic carbocycles. The molecule has 0 aliphatic rings. The largest absolute Gasteiger partial charge is 0.493 e. The smallest absolute Gasteiger partial charge is 0.414 e. The first-order valence-electron chi connectivity index (χ1n) is 8.99. The van der Waals surface area contributed by atoms with E-state index >= 15 is 0 Å². The van der Waals surface area contributed by atoms with Crippen LogP contribution < -0.4 is 24.3 Å². The lowest BCUT2D eigenvalue weighted by atomic mass is 10.1. The number of aromatic nitrogens is 2. The zero-order valence-corrected chi connectivity index (χ0v) is 17.6. The Morgan fingerprint density at radius 2 is 1.80 bits per heavy atom. The Kier molecular flexibility index (Phi) is 5.04. The Balaban J connectivity index is 1.85. The van der Waals surface area contributed by atoms with Crippen LogP contribution in [-0.4, -0.2) is 48.7 Å². The number of para-hydroxylation sites is 2. The van der Waals surface area contributed by atoms with Crippen LogP contribution in [0, 0.1) is 0 Å². The van der Waals surface area contributed by atoms with Gasteiger partial charge in [-0.2, -0.15) is 0 Å². The average molecular weight is 425 g/mol. The van der Waals surface area contributed by atoms with Crippen LogP contribution in [0.3, 0.4) is 0 Å². The van der Waals surface area contributed by atoms with E-state index < -0.39 is 6.09 Å². The highest BCUT2D eigenvalue weighted by Crippen LogP contribution is 2.39. The maximum atomic E-state index is 13.0. The van der Waals surface area contributed by atoms with Crippen LogP contribution in [0.15, 0.2) is 41.2 Å². The number of hydrogen-bond acceptors (Lipinski definition) is 7. The lowest BCUT2D eigenvalue weighted by Crippen LogP contribution is -2.25. The lowest BCUT2D eigenvalue weighted by molar-refractivity contribution is 0.168. The number of carbonyl (C=O) groups excluding carboxylic acids is 1. The molecule has 8 nitrogen and oxygen atoms in total. The van der Waals surface area contributed by atoms with Crippen LogP contribution >= 0.6 is 11.3 Å². The van der Waals surface area contributed by atoms with Gasteiger partial charge in [0.2, 0.25) is 5.75 Å². The Hall–Kier alpha value is -3.59. The Bertz CT molecular complexity index is 1350. The summed E-state index contributed by atoms with van der Waals surface area (Å²) in [5, 5.41) is 0. The fourth-order valence-corrected chi connectivity index (χ4v) is 4.01. The Labute approximate surface area is 175 Å². The molecule has 30 heavy (non-hydrogen) atoms. The topological polar surface area (TPSA) is 82.4 Å². The SMILES string of the molecule is COc1cc(C=c2sc3nc4ccccc4n3c2=O)cc(OC)c1OC(=O)N(C)C. The molecule has 0 radical (unpaired) electrons. The highest BCUT2D eigenvalue weighted by Gasteiger charge is 2.19. The number of benzene rings is 2. The molecule has 0 unspecified atom stereocenters. The van der Waals surface area contributed by atoms with Crippen LogP contribution in [0.2, 0.25) is 0 Å². The maximum Gasteiger partial charge on any atom is 0.414 e. The first-order chi connectivity index (χ1) is 14.4. The first kappa shape index (κ1) is 19.7. The van der Waals surface area contributed by atoms with E-state index in [9.17, 15) is 9.59 Å². The van der Waals surface area contributed by atoms with Gasteiger partial charge in [0.05, 0.1) is 29.8 Å². The van der Waals surface area contributed by atoms with Gasteiger partial charge in [0, 0.05) is 14.1 Å². The molecule has 2 aromatic heterocycles. The number of amides is 1. The fraction of sp³-hybridized carbons (Fsp3) is 0.190. The van der Waals surface area contributed by atoms with E-state index in [1.54, 1.807) is 36.7 Å². The van der Waals surface area contributed by atoms with Crippen molar-refractivity contribution in [2.75, 3.05) is 28.3 Å². The van der Waals surface area contributed by atoms with Gasteiger partial charge >= 0.3 is 6.09 Å². The molecule has 0 atom stereocenters. The first-order valence-corrected chi connectivity index (χ1v) is 9.81. The standard InChI is InChI=1S/C21H19N3O5S/c1-23(2)21(26)29-18-15(27-3)9-12(10-16(18)28-4)11-17-19(25)24-14-8-6-5-7-13(14)22-20(24)30-17/h5-11H,1-4H3. The van der Waals surface area contributed by atoms with Crippen LogP contribution in [0.1, 0.15) is 5.56 Å². The molecule has 0 saturated heterocycles. The predicted molar refractivity (Wildman–Crippen MR) is 115 cm³/mol. The van der Waals surface area contributed by atoms with Crippen molar-refractivity contribution in [2.45, 2.75) is 0 Å². The summed E-state index contributed by atoms with van der Waals surface area (Å²) in [5.74, 6) is 0.801. The van der Waals surface area contributed by atoms with Crippen molar-refractivity contribution < 1.29 is 19.0 Å². The van der Waals surface area contributed by atoms with Gasteiger partial charge in [-0.25, -0.2) is 14.2 Å². The molecular formula is C21H19N3O5S. The summed E-state index contributed by atoms with van der Waals surface area (Å²) in [4.78, 5) is 31.4. The zero-order chi connectivity index (χ0) is 21.4. The van der Waals surface area contributed by atoms with Crippen molar-refractivity contribution in [1.82, 2.24) is 14.3 Å². The van der Waals surface area contributed by atoms with Crippen molar-refractivity contribution in [1.29, 1.82) is 0 Å². The number of methoxy groups -OCH3 is 2. The van der Waals surface area contributed by atoms with Gasteiger partial charge in [0.1, 0.15) is 0 Å². The number of imidazole rings is 1. The summed E-state index contributed by atoms with van der Waals surface area (Å²) < 4.78 is 18.3. The number of hydrogen-bond donors (Lipinski definition) is 0. The molecule has 0 fully saturated rings. The molecule has 4 rings (SSSR count). The number of thiazole rings is 1. The third-order valence-corrected chi connectivity index (χ3v) is 5.45. The average Bonchev–Trinajstić information content (AvgIpc) is 3.24. The molecule has 0 spiro atoms. The van der Waals surface area contributed by atoms with E-state index in [1.165, 1.54) is 30.5 Å². The second-order valence-electron chi connectivity index (χ2n) is 6.65. The minimum atomic E-state index is -0.559. The van der Waals surface area contributed by atoms with Gasteiger partial charge in [0.25, 0.3) is 5.56 Å². The van der Waals surface area contributed by atoms with Gasteiger partial charge in [-0.05, 0) is 35.9 Å². The Morgan fingerprint density at radius 3 is 2.43 bits per heavy atom. The van der Waals surface area contributed by atoms with E-state index in [0.29, 0.717) is 26.6 Å². The third-order valence-electron chi connectivity index (χ3n) is 4.48. The van der Waals surface area contributed by atoms with E-state index in [2.05, 4.69) is 4.98 Å². The van der Waals surface area contributed by atoms with Crippen molar-refractivity contribution in [3.8, 4) is 17.2 Å². The summed E-state index contributed by atoms with van der Waals surface area (Å²) in [6.45, 7) is 0. The second-order valence-corrected chi connectivity index (χ2v) is 7.66. The third kappa shape index (κ3) is 3.33. The lowest BCUT2D eigenvalue weighted by Gasteiger charge is -2.16. The number of ether oxygens (including phenoxy) is 3. The molecule has 2 heterocycles. The molecule has 0 bridgehead atoms. The van der Waals surface area contributed by atoms with Crippen molar-refractivity contribution in [3.05, 3.63) is 56.8 Å².